The van der Waals surface area contributed by atoms with Gasteiger partial charge in [-0.2, -0.15) is 5.10 Å². The van der Waals surface area contributed by atoms with Crippen molar-refractivity contribution in [3.8, 4) is 17.3 Å². The number of fused-ring (bicyclic) bond motifs is 1. The van der Waals surface area contributed by atoms with Crippen LogP contribution in [0.2, 0.25) is 0 Å². The highest BCUT2D eigenvalue weighted by atomic mass is 16.7. The summed E-state index contributed by atoms with van der Waals surface area (Å²) < 4.78 is 12.3. The maximum Gasteiger partial charge on any atom is 0.231 e. The molecule has 0 bridgehead atoms. The minimum absolute atomic E-state index is 0.0158. The van der Waals surface area contributed by atoms with E-state index in [1.54, 1.807) is 17.1 Å². The van der Waals surface area contributed by atoms with Gasteiger partial charge in [0.1, 0.15) is 0 Å². The van der Waals surface area contributed by atoms with E-state index in [1.165, 1.54) is 0 Å². The largest absolute Gasteiger partial charge is 0.454 e. The van der Waals surface area contributed by atoms with Crippen LogP contribution < -0.4 is 14.8 Å². The summed E-state index contributed by atoms with van der Waals surface area (Å²) in [6.45, 7) is 0.659. The molecule has 0 spiro atoms. The van der Waals surface area contributed by atoms with Crippen molar-refractivity contribution >= 4 is 5.91 Å². The van der Waals surface area contributed by atoms with Gasteiger partial charge in [0.25, 0.3) is 0 Å². The molecule has 132 valence electrons. The number of nitrogens with zero attached hydrogens (tertiary/aromatic N) is 3. The Labute approximate surface area is 150 Å². The van der Waals surface area contributed by atoms with Gasteiger partial charge in [-0.25, -0.2) is 9.67 Å². The van der Waals surface area contributed by atoms with Gasteiger partial charge >= 0.3 is 0 Å². The van der Waals surface area contributed by atoms with Crippen molar-refractivity contribution in [3.05, 3.63) is 66.1 Å². The molecular formula is C19H18N4O3. The lowest BCUT2D eigenvalue weighted by atomic mass is 10.1. The number of amides is 1. The third kappa shape index (κ3) is 3.51. The molecule has 0 radical (unpaired) electrons. The van der Waals surface area contributed by atoms with Crippen molar-refractivity contribution in [2.24, 2.45) is 0 Å². The van der Waals surface area contributed by atoms with E-state index in [0.717, 1.165) is 22.6 Å². The Morgan fingerprint density at radius 2 is 2.08 bits per heavy atom. The van der Waals surface area contributed by atoms with Crippen LogP contribution >= 0.6 is 0 Å². The first-order valence-corrected chi connectivity index (χ1v) is 8.39. The average molecular weight is 350 g/mol. The second kappa shape index (κ2) is 7.26. The van der Waals surface area contributed by atoms with Crippen molar-refractivity contribution in [1.29, 1.82) is 0 Å². The van der Waals surface area contributed by atoms with Gasteiger partial charge in [-0.1, -0.05) is 12.1 Å². The minimum Gasteiger partial charge on any atom is -0.454 e. The molecule has 1 aliphatic rings. The highest BCUT2D eigenvalue weighted by Gasteiger charge is 2.14. The number of ether oxygens (including phenoxy) is 2. The molecule has 26 heavy (non-hydrogen) atoms. The highest BCUT2D eigenvalue weighted by molar-refractivity contribution is 5.76. The third-order valence-corrected chi connectivity index (χ3v) is 4.14. The minimum atomic E-state index is -0.0158. The van der Waals surface area contributed by atoms with E-state index in [9.17, 15) is 4.79 Å². The Hall–Kier alpha value is -3.35. The summed E-state index contributed by atoms with van der Waals surface area (Å²) in [5.74, 6) is 2.19. The molecule has 2 aromatic heterocycles. The van der Waals surface area contributed by atoms with E-state index in [2.05, 4.69) is 15.4 Å². The molecule has 7 heteroatoms. The fourth-order valence-electron chi connectivity index (χ4n) is 2.81. The first-order chi connectivity index (χ1) is 12.8. The Balaban J connectivity index is 1.33. The van der Waals surface area contributed by atoms with Crippen LogP contribution in [0.15, 0.2) is 55.0 Å². The van der Waals surface area contributed by atoms with Crippen LogP contribution in [-0.4, -0.2) is 27.5 Å². The molecule has 0 saturated carbocycles. The molecule has 0 aliphatic carbocycles. The van der Waals surface area contributed by atoms with E-state index in [-0.39, 0.29) is 12.7 Å². The molecule has 0 fully saturated rings. The smallest absolute Gasteiger partial charge is 0.231 e. The van der Waals surface area contributed by atoms with Gasteiger partial charge in [0, 0.05) is 37.1 Å². The molecule has 1 N–H and O–H groups in total. The molecule has 1 aromatic carbocycles. The number of carbonyl (C=O) groups excluding carboxylic acids is 1. The number of pyridine rings is 1. The van der Waals surface area contributed by atoms with Crippen LogP contribution in [0.1, 0.15) is 17.5 Å². The molecule has 4 rings (SSSR count). The summed E-state index contributed by atoms with van der Waals surface area (Å²) in [6, 6.07) is 11.4. The van der Waals surface area contributed by atoms with Gasteiger partial charge in [-0.05, 0) is 36.2 Å². The van der Waals surface area contributed by atoms with E-state index in [1.807, 2.05) is 42.6 Å². The van der Waals surface area contributed by atoms with Crippen LogP contribution in [0.5, 0.6) is 11.5 Å². The van der Waals surface area contributed by atoms with Gasteiger partial charge in [0.15, 0.2) is 17.3 Å². The third-order valence-electron chi connectivity index (χ3n) is 4.14. The van der Waals surface area contributed by atoms with E-state index in [0.29, 0.717) is 25.2 Å². The van der Waals surface area contributed by atoms with Gasteiger partial charge < -0.3 is 14.8 Å². The van der Waals surface area contributed by atoms with Crippen LogP contribution in [-0.2, 0) is 17.8 Å². The summed E-state index contributed by atoms with van der Waals surface area (Å²) in [5, 5.41) is 7.15. The number of rotatable bonds is 6. The zero-order chi connectivity index (χ0) is 17.8. The number of carbonyl (C=O) groups is 1. The molecule has 3 aromatic rings. The molecule has 3 heterocycles. The summed E-state index contributed by atoms with van der Waals surface area (Å²) >= 11 is 0. The predicted octanol–water partition coefficient (Wildman–Crippen LogP) is 2.25. The second-order valence-electron chi connectivity index (χ2n) is 5.90. The van der Waals surface area contributed by atoms with Crippen molar-refractivity contribution in [1.82, 2.24) is 20.1 Å². The van der Waals surface area contributed by atoms with Gasteiger partial charge in [-0.15, -0.1) is 0 Å². The SMILES string of the molecule is O=C(CCc1ccc2c(c1)OCO2)NCc1cccnc1-n1cccn1. The Morgan fingerprint density at radius 3 is 2.96 bits per heavy atom. The van der Waals surface area contributed by atoms with Crippen LogP contribution in [0.25, 0.3) is 5.82 Å². The standard InChI is InChI=1S/C19H18N4O3/c24-18(7-5-14-4-6-16-17(11-14)26-13-25-16)21-12-15-3-1-8-20-19(15)23-10-2-9-22-23/h1-4,6,8-11H,5,7,12-13H2,(H,21,24). The number of hydrogen-bond donors (Lipinski definition) is 1. The normalized spacial score (nSPS) is 12.2. The summed E-state index contributed by atoms with van der Waals surface area (Å²) in [5.41, 5.74) is 1.95. The zero-order valence-electron chi connectivity index (χ0n) is 14.1. The van der Waals surface area contributed by atoms with Crippen molar-refractivity contribution < 1.29 is 14.3 Å². The van der Waals surface area contributed by atoms with Crippen molar-refractivity contribution in [2.75, 3.05) is 6.79 Å². The monoisotopic (exact) mass is 350 g/mol. The van der Waals surface area contributed by atoms with Gasteiger partial charge in [-0.3, -0.25) is 4.79 Å². The number of hydrogen-bond acceptors (Lipinski definition) is 5. The number of aryl methyl sites for hydroxylation is 1. The molecule has 0 unspecified atom stereocenters. The second-order valence-corrected chi connectivity index (χ2v) is 5.90. The predicted molar refractivity (Wildman–Crippen MR) is 94.1 cm³/mol. The molecule has 0 saturated heterocycles. The van der Waals surface area contributed by atoms with Crippen LogP contribution in [0.3, 0.4) is 0 Å². The summed E-state index contributed by atoms with van der Waals surface area (Å²) in [6.07, 6.45) is 6.27. The topological polar surface area (TPSA) is 78.3 Å². The van der Waals surface area contributed by atoms with Crippen molar-refractivity contribution in [2.45, 2.75) is 19.4 Å². The lowest BCUT2D eigenvalue weighted by molar-refractivity contribution is -0.121. The molecule has 0 atom stereocenters. The first kappa shape index (κ1) is 16.1. The van der Waals surface area contributed by atoms with Crippen molar-refractivity contribution in [3.63, 3.8) is 0 Å². The molecule has 1 aliphatic heterocycles. The zero-order valence-corrected chi connectivity index (χ0v) is 14.1. The Kier molecular flexibility index (Phi) is 4.51. The Morgan fingerprint density at radius 1 is 1.15 bits per heavy atom. The molecule has 7 nitrogen and oxygen atoms in total. The quantitative estimate of drug-likeness (QED) is 0.738. The number of benzene rings is 1. The van der Waals surface area contributed by atoms with E-state index in [4.69, 9.17) is 9.47 Å². The summed E-state index contributed by atoms with van der Waals surface area (Å²) in [4.78, 5) is 16.6. The van der Waals surface area contributed by atoms with Gasteiger partial charge in [0.05, 0.1) is 0 Å². The first-order valence-electron chi connectivity index (χ1n) is 8.39. The summed E-state index contributed by atoms with van der Waals surface area (Å²) in [7, 11) is 0. The van der Waals surface area contributed by atoms with Crippen LogP contribution in [0, 0.1) is 0 Å². The maximum atomic E-state index is 12.2. The average Bonchev–Trinajstić information content (AvgIpc) is 3.36. The maximum absolute atomic E-state index is 12.2. The van der Waals surface area contributed by atoms with Crippen LogP contribution in [0.4, 0.5) is 0 Å². The van der Waals surface area contributed by atoms with E-state index >= 15 is 0 Å². The highest BCUT2D eigenvalue weighted by Crippen LogP contribution is 2.32. The lowest BCUT2D eigenvalue weighted by Crippen LogP contribution is -2.24. The molecule has 1 amide bonds. The lowest BCUT2D eigenvalue weighted by Gasteiger charge is -2.10. The number of aromatic nitrogens is 3. The Bertz CT molecular complexity index is 909. The fraction of sp³-hybridized carbons (Fsp3) is 0.211. The van der Waals surface area contributed by atoms with E-state index < -0.39 is 0 Å². The number of nitrogens with one attached hydrogen (secondary N) is 1. The fourth-order valence-corrected chi connectivity index (χ4v) is 2.81. The van der Waals surface area contributed by atoms with Gasteiger partial charge in [0.2, 0.25) is 12.7 Å². The molecular weight excluding hydrogens is 332 g/mol.